The molecule has 0 saturated carbocycles. The molecule has 1 atom stereocenters. The first kappa shape index (κ1) is 9.66. The minimum atomic E-state index is -0.442. The van der Waals surface area contributed by atoms with Gasteiger partial charge in [-0.1, -0.05) is 6.92 Å². The third-order valence-electron chi connectivity index (χ3n) is 1.67. The maximum absolute atomic E-state index is 11.2. The molecule has 0 bridgehead atoms. The lowest BCUT2D eigenvalue weighted by atomic mass is 10.2. The average Bonchev–Trinajstić information content (AvgIpc) is 2.65. The van der Waals surface area contributed by atoms with Crippen LogP contribution in [0.15, 0.2) is 6.33 Å². The lowest BCUT2D eigenvalue weighted by Gasteiger charge is -2.07. The van der Waals surface area contributed by atoms with Gasteiger partial charge in [0.1, 0.15) is 12.2 Å². The molecule has 0 aliphatic carbocycles. The zero-order chi connectivity index (χ0) is 9.68. The predicted octanol–water partition coefficient (Wildman–Crippen LogP) is -0.842. The molecule has 0 aliphatic heterocycles. The number of hydrogen-bond acceptors (Lipinski definition) is 4. The maximum Gasteiger partial charge on any atom is 0.237 e. The third-order valence-corrected chi connectivity index (χ3v) is 1.67. The summed E-state index contributed by atoms with van der Waals surface area (Å²) >= 11 is 0. The molecule has 72 valence electrons. The topological polar surface area (TPSA) is 96.7 Å². The second kappa shape index (κ2) is 4.56. The van der Waals surface area contributed by atoms with E-state index in [0.29, 0.717) is 18.8 Å². The number of H-pyrrole nitrogens is 1. The highest BCUT2D eigenvalue weighted by Crippen LogP contribution is 1.88. The molecular weight excluding hydrogens is 170 g/mol. The zero-order valence-corrected chi connectivity index (χ0v) is 7.45. The van der Waals surface area contributed by atoms with Crippen molar-refractivity contribution in [2.75, 3.05) is 0 Å². The van der Waals surface area contributed by atoms with Gasteiger partial charge in [0.2, 0.25) is 5.91 Å². The van der Waals surface area contributed by atoms with Gasteiger partial charge in [-0.15, -0.1) is 0 Å². The second-order valence-electron chi connectivity index (χ2n) is 2.66. The number of rotatable bonds is 4. The van der Waals surface area contributed by atoms with Crippen molar-refractivity contribution in [1.82, 2.24) is 20.5 Å². The number of hydrogen-bond donors (Lipinski definition) is 3. The fourth-order valence-electron chi connectivity index (χ4n) is 0.803. The Kier molecular flexibility index (Phi) is 3.39. The van der Waals surface area contributed by atoms with E-state index in [1.165, 1.54) is 6.33 Å². The summed E-state index contributed by atoms with van der Waals surface area (Å²) in [5, 5.41) is 8.92. The summed E-state index contributed by atoms with van der Waals surface area (Å²) in [6, 6.07) is -0.442. The molecule has 0 aliphatic rings. The van der Waals surface area contributed by atoms with Gasteiger partial charge in [0.15, 0.2) is 0 Å². The van der Waals surface area contributed by atoms with Crippen LogP contribution in [-0.2, 0) is 11.3 Å². The summed E-state index contributed by atoms with van der Waals surface area (Å²) in [5.74, 6) is 0.454. The van der Waals surface area contributed by atoms with Gasteiger partial charge in [-0.25, -0.2) is 4.98 Å². The van der Waals surface area contributed by atoms with Crippen LogP contribution < -0.4 is 11.1 Å². The van der Waals surface area contributed by atoms with E-state index >= 15 is 0 Å². The molecule has 1 rings (SSSR count). The molecular formula is C7H13N5O. The van der Waals surface area contributed by atoms with Crippen LogP contribution in [0.25, 0.3) is 0 Å². The van der Waals surface area contributed by atoms with Gasteiger partial charge in [-0.05, 0) is 6.42 Å². The first-order valence-corrected chi connectivity index (χ1v) is 4.11. The monoisotopic (exact) mass is 183 g/mol. The van der Waals surface area contributed by atoms with Crippen LogP contribution in [0.5, 0.6) is 0 Å². The Morgan fingerprint density at radius 3 is 3.15 bits per heavy atom. The van der Waals surface area contributed by atoms with Gasteiger partial charge < -0.3 is 11.1 Å². The van der Waals surface area contributed by atoms with Gasteiger partial charge in [0.05, 0.1) is 12.6 Å². The Hall–Kier alpha value is -1.43. The van der Waals surface area contributed by atoms with E-state index in [4.69, 9.17) is 5.73 Å². The SMILES string of the molecule is CCC(N)C(=O)NCc1ncn[nH]1. The van der Waals surface area contributed by atoms with Crippen molar-refractivity contribution in [3.63, 3.8) is 0 Å². The molecule has 0 saturated heterocycles. The quantitative estimate of drug-likeness (QED) is 0.567. The van der Waals surface area contributed by atoms with Crippen molar-refractivity contribution in [2.45, 2.75) is 25.9 Å². The number of carbonyl (C=O) groups excluding carboxylic acids is 1. The van der Waals surface area contributed by atoms with Crippen LogP contribution in [0, 0.1) is 0 Å². The Morgan fingerprint density at radius 1 is 1.85 bits per heavy atom. The molecule has 0 aromatic carbocycles. The van der Waals surface area contributed by atoms with Crippen LogP contribution in [0.3, 0.4) is 0 Å². The number of nitrogens with one attached hydrogen (secondary N) is 2. The van der Waals surface area contributed by atoms with Crippen LogP contribution >= 0.6 is 0 Å². The number of aromatic nitrogens is 3. The number of nitrogens with two attached hydrogens (primary N) is 1. The molecule has 6 nitrogen and oxygen atoms in total. The van der Waals surface area contributed by atoms with Crippen molar-refractivity contribution in [3.05, 3.63) is 12.2 Å². The number of amides is 1. The van der Waals surface area contributed by atoms with E-state index in [2.05, 4.69) is 20.5 Å². The Balaban J connectivity index is 2.31. The Bertz CT molecular complexity index is 258. The molecule has 1 unspecified atom stereocenters. The lowest BCUT2D eigenvalue weighted by molar-refractivity contribution is -0.122. The minimum absolute atomic E-state index is 0.168. The summed E-state index contributed by atoms with van der Waals surface area (Å²) in [4.78, 5) is 15.0. The molecule has 0 radical (unpaired) electrons. The summed E-state index contributed by atoms with van der Waals surface area (Å²) in [6.07, 6.45) is 2.02. The lowest BCUT2D eigenvalue weighted by Crippen LogP contribution is -2.39. The summed E-state index contributed by atoms with van der Waals surface area (Å²) < 4.78 is 0. The molecule has 6 heteroatoms. The van der Waals surface area contributed by atoms with Crippen LogP contribution in [-0.4, -0.2) is 27.1 Å². The second-order valence-corrected chi connectivity index (χ2v) is 2.66. The van der Waals surface area contributed by atoms with Crippen LogP contribution in [0.1, 0.15) is 19.2 Å². The molecule has 4 N–H and O–H groups in total. The van der Waals surface area contributed by atoms with Gasteiger partial charge in [0.25, 0.3) is 0 Å². The molecule has 1 amide bonds. The molecule has 1 aromatic heterocycles. The fraction of sp³-hybridized carbons (Fsp3) is 0.571. The predicted molar refractivity (Wildman–Crippen MR) is 46.5 cm³/mol. The van der Waals surface area contributed by atoms with E-state index < -0.39 is 6.04 Å². The largest absolute Gasteiger partial charge is 0.347 e. The molecule has 1 heterocycles. The van der Waals surface area contributed by atoms with E-state index in [1.54, 1.807) is 0 Å². The number of carbonyl (C=O) groups is 1. The van der Waals surface area contributed by atoms with Crippen molar-refractivity contribution in [3.8, 4) is 0 Å². The van der Waals surface area contributed by atoms with Crippen molar-refractivity contribution < 1.29 is 4.79 Å². The van der Waals surface area contributed by atoms with E-state index in [9.17, 15) is 4.79 Å². The average molecular weight is 183 g/mol. The highest BCUT2D eigenvalue weighted by atomic mass is 16.2. The normalized spacial score (nSPS) is 12.5. The highest BCUT2D eigenvalue weighted by molar-refractivity contribution is 5.81. The van der Waals surface area contributed by atoms with Gasteiger partial charge in [-0.3, -0.25) is 9.89 Å². The minimum Gasteiger partial charge on any atom is -0.347 e. The van der Waals surface area contributed by atoms with E-state index in [0.717, 1.165) is 0 Å². The van der Waals surface area contributed by atoms with Crippen molar-refractivity contribution >= 4 is 5.91 Å². The van der Waals surface area contributed by atoms with E-state index in [-0.39, 0.29) is 5.91 Å². The zero-order valence-electron chi connectivity index (χ0n) is 7.45. The Morgan fingerprint density at radius 2 is 2.62 bits per heavy atom. The van der Waals surface area contributed by atoms with Crippen molar-refractivity contribution in [1.29, 1.82) is 0 Å². The number of aromatic amines is 1. The molecule has 0 fully saturated rings. The van der Waals surface area contributed by atoms with Crippen LogP contribution in [0.4, 0.5) is 0 Å². The first-order valence-electron chi connectivity index (χ1n) is 4.11. The maximum atomic E-state index is 11.2. The fourth-order valence-corrected chi connectivity index (χ4v) is 0.803. The van der Waals surface area contributed by atoms with Crippen molar-refractivity contribution in [2.24, 2.45) is 5.73 Å². The van der Waals surface area contributed by atoms with Gasteiger partial charge in [-0.2, -0.15) is 5.10 Å². The smallest absolute Gasteiger partial charge is 0.237 e. The highest BCUT2D eigenvalue weighted by Gasteiger charge is 2.10. The molecule has 1 aromatic rings. The number of nitrogens with zero attached hydrogens (tertiary/aromatic N) is 2. The summed E-state index contributed by atoms with van der Waals surface area (Å²) in [6.45, 7) is 2.20. The van der Waals surface area contributed by atoms with Gasteiger partial charge in [0, 0.05) is 0 Å². The molecule has 0 spiro atoms. The summed E-state index contributed by atoms with van der Waals surface area (Å²) in [7, 11) is 0. The van der Waals surface area contributed by atoms with Gasteiger partial charge >= 0.3 is 0 Å². The first-order chi connectivity index (χ1) is 6.24. The van der Waals surface area contributed by atoms with Crippen LogP contribution in [0.2, 0.25) is 0 Å². The van der Waals surface area contributed by atoms with E-state index in [1.807, 2.05) is 6.92 Å². The third kappa shape index (κ3) is 2.83. The molecule has 13 heavy (non-hydrogen) atoms. The standard InChI is InChI=1S/C7H13N5O/c1-2-5(8)7(13)9-3-6-10-4-11-12-6/h4-5H,2-3,8H2,1H3,(H,9,13)(H,10,11,12). The Labute approximate surface area is 75.9 Å². The summed E-state index contributed by atoms with van der Waals surface area (Å²) in [5.41, 5.74) is 5.50.